The number of hydrogen-bond acceptors (Lipinski definition) is 2. The molecule has 2 aliphatic carbocycles. The lowest BCUT2D eigenvalue weighted by Gasteiger charge is -2.32. The molecule has 58 heavy (non-hydrogen) atoms. The molecule has 0 radical (unpaired) electrons. The Balaban J connectivity index is 1.24. The summed E-state index contributed by atoms with van der Waals surface area (Å²) in [6.07, 6.45) is 19.1. The summed E-state index contributed by atoms with van der Waals surface area (Å²) in [5.41, 5.74) is 16.0. The Hall–Kier alpha value is -6.64. The van der Waals surface area contributed by atoms with Gasteiger partial charge in [-0.1, -0.05) is 127 Å². The van der Waals surface area contributed by atoms with E-state index in [1.807, 2.05) is 0 Å². The highest BCUT2D eigenvalue weighted by atomic mass is 15.2. The third-order valence-electron chi connectivity index (χ3n) is 12.5. The minimum Gasteiger partial charge on any atom is -0.310 e. The zero-order chi connectivity index (χ0) is 39.3. The van der Waals surface area contributed by atoms with Crippen LogP contribution in [0.15, 0.2) is 176 Å². The first-order chi connectivity index (χ1) is 28.4. The van der Waals surface area contributed by atoms with E-state index >= 15 is 0 Å². The summed E-state index contributed by atoms with van der Waals surface area (Å²) < 4.78 is 0. The second kappa shape index (κ2) is 14.7. The standard InChI is InChI=1S/C56H48N2/c1-37-25-27-43(41-17-9-5-6-10-18-41)35-51(37)57(45-21-11-7-12-22-45)53-33-39(3)47-30-32-50-54(34-40(4)48-29-31-49(53)55(47)56(48)50)58(46-23-13-8-14-24-46)52-36-44(28-26-38(52)2)42-19-15-16-20-42/h5-9,11-15,17,19-36,41H,10,16,18H2,1-4H3. The topological polar surface area (TPSA) is 6.48 Å². The van der Waals surface area contributed by atoms with E-state index in [0.717, 1.165) is 30.6 Å². The van der Waals surface area contributed by atoms with Gasteiger partial charge >= 0.3 is 0 Å². The molecule has 0 aliphatic heterocycles. The van der Waals surface area contributed by atoms with E-state index in [-0.39, 0.29) is 0 Å². The summed E-state index contributed by atoms with van der Waals surface area (Å²) in [5.74, 6) is 0.375. The van der Waals surface area contributed by atoms with Crippen LogP contribution in [0.4, 0.5) is 34.1 Å². The van der Waals surface area contributed by atoms with Crippen LogP contribution in [0.3, 0.4) is 0 Å². The van der Waals surface area contributed by atoms with Gasteiger partial charge in [0.15, 0.2) is 0 Å². The maximum atomic E-state index is 2.52. The molecule has 0 fully saturated rings. The summed E-state index contributed by atoms with van der Waals surface area (Å²) >= 11 is 0. The van der Waals surface area contributed by atoms with E-state index in [1.54, 1.807) is 0 Å². The van der Waals surface area contributed by atoms with Crippen molar-refractivity contribution in [2.24, 2.45) is 0 Å². The molecule has 2 aliphatic rings. The molecule has 0 N–H and O–H groups in total. The number of para-hydroxylation sites is 2. The van der Waals surface area contributed by atoms with Gasteiger partial charge in [0.1, 0.15) is 0 Å². The number of aryl methyl sites for hydroxylation is 4. The first-order valence-corrected chi connectivity index (χ1v) is 20.8. The molecule has 10 rings (SSSR count). The van der Waals surface area contributed by atoms with E-state index in [9.17, 15) is 0 Å². The Morgan fingerprint density at radius 1 is 0.483 bits per heavy atom. The van der Waals surface area contributed by atoms with E-state index in [2.05, 4.69) is 213 Å². The third kappa shape index (κ3) is 6.12. The maximum Gasteiger partial charge on any atom is 0.0543 e. The highest BCUT2D eigenvalue weighted by molar-refractivity contribution is 6.29. The number of anilines is 6. The SMILES string of the molecule is Cc1ccc(C2=CCC=C2)cc1N(c1ccccc1)c1cc(C)c2ccc3c(N(c4ccccc4)c4cc(C5C=CC=CCC5)ccc4C)cc(C)c4ccc1c2c43. The summed E-state index contributed by atoms with van der Waals surface area (Å²) in [6.45, 7) is 9.07. The average molecular weight is 749 g/mol. The van der Waals surface area contributed by atoms with Crippen molar-refractivity contribution in [3.8, 4) is 0 Å². The molecule has 8 aromatic rings. The third-order valence-corrected chi connectivity index (χ3v) is 12.5. The van der Waals surface area contributed by atoms with Crippen LogP contribution in [-0.4, -0.2) is 0 Å². The summed E-state index contributed by atoms with van der Waals surface area (Å²) in [5, 5.41) is 7.75. The van der Waals surface area contributed by atoms with Gasteiger partial charge in [-0.2, -0.15) is 0 Å². The molecular weight excluding hydrogens is 701 g/mol. The van der Waals surface area contributed by atoms with Crippen LogP contribution in [0.5, 0.6) is 0 Å². The maximum absolute atomic E-state index is 2.52. The fourth-order valence-corrected chi connectivity index (χ4v) is 9.46. The Bertz CT molecular complexity index is 2960. The Morgan fingerprint density at radius 2 is 1.05 bits per heavy atom. The van der Waals surface area contributed by atoms with Crippen LogP contribution < -0.4 is 9.80 Å². The van der Waals surface area contributed by atoms with Gasteiger partial charge < -0.3 is 9.80 Å². The van der Waals surface area contributed by atoms with E-state index in [4.69, 9.17) is 0 Å². The van der Waals surface area contributed by atoms with Gasteiger partial charge in [0.2, 0.25) is 0 Å². The number of benzene rings is 8. The second-order valence-corrected chi connectivity index (χ2v) is 16.2. The van der Waals surface area contributed by atoms with Crippen molar-refractivity contribution in [2.45, 2.75) is 52.9 Å². The minimum atomic E-state index is 0.375. The fraction of sp³-hybridized carbons (Fsp3) is 0.143. The molecule has 0 saturated carbocycles. The first kappa shape index (κ1) is 35.8. The average Bonchev–Trinajstić information content (AvgIpc) is 3.66. The highest BCUT2D eigenvalue weighted by Gasteiger charge is 2.25. The van der Waals surface area contributed by atoms with Crippen molar-refractivity contribution in [3.63, 3.8) is 0 Å². The smallest absolute Gasteiger partial charge is 0.0543 e. The lowest BCUT2D eigenvalue weighted by molar-refractivity contribution is 0.756. The van der Waals surface area contributed by atoms with Gasteiger partial charge in [0.25, 0.3) is 0 Å². The zero-order valence-corrected chi connectivity index (χ0v) is 33.8. The van der Waals surface area contributed by atoms with Crippen molar-refractivity contribution in [3.05, 3.63) is 209 Å². The molecule has 0 amide bonds. The monoisotopic (exact) mass is 748 g/mol. The van der Waals surface area contributed by atoms with E-state index in [1.165, 1.54) is 94.0 Å². The Labute approximate surface area is 342 Å². The van der Waals surface area contributed by atoms with Crippen molar-refractivity contribution in [1.29, 1.82) is 0 Å². The predicted octanol–water partition coefficient (Wildman–Crippen LogP) is 16.1. The van der Waals surface area contributed by atoms with Gasteiger partial charge in [-0.3, -0.25) is 0 Å². The molecule has 1 atom stereocenters. The van der Waals surface area contributed by atoms with Crippen LogP contribution in [0.2, 0.25) is 0 Å². The Kier molecular flexibility index (Phi) is 9.06. The number of rotatable bonds is 8. The molecule has 0 aromatic heterocycles. The van der Waals surface area contributed by atoms with Crippen molar-refractivity contribution >= 4 is 72.0 Å². The molecular formula is C56H48N2. The lowest BCUT2D eigenvalue weighted by atomic mass is 9.88. The quantitative estimate of drug-likeness (QED) is 0.143. The number of nitrogens with zero attached hydrogens (tertiary/aromatic N) is 2. The van der Waals surface area contributed by atoms with Gasteiger partial charge in [0.05, 0.1) is 11.4 Å². The van der Waals surface area contributed by atoms with Crippen molar-refractivity contribution in [1.82, 2.24) is 0 Å². The Morgan fingerprint density at radius 3 is 1.64 bits per heavy atom. The summed E-state index contributed by atoms with van der Waals surface area (Å²) in [4.78, 5) is 5.01. The molecule has 0 bridgehead atoms. The molecule has 0 spiro atoms. The van der Waals surface area contributed by atoms with Crippen LogP contribution in [0.1, 0.15) is 58.6 Å². The summed E-state index contributed by atoms with van der Waals surface area (Å²) in [7, 11) is 0. The molecule has 2 heteroatoms. The van der Waals surface area contributed by atoms with Crippen molar-refractivity contribution < 1.29 is 0 Å². The molecule has 0 heterocycles. The molecule has 282 valence electrons. The second-order valence-electron chi connectivity index (χ2n) is 16.2. The molecule has 8 aromatic carbocycles. The molecule has 1 unspecified atom stereocenters. The first-order valence-electron chi connectivity index (χ1n) is 20.8. The zero-order valence-electron chi connectivity index (χ0n) is 33.8. The van der Waals surface area contributed by atoms with Gasteiger partial charge in [-0.05, 0) is 156 Å². The lowest BCUT2D eigenvalue weighted by Crippen LogP contribution is -2.14. The van der Waals surface area contributed by atoms with Crippen LogP contribution in [0, 0.1) is 27.7 Å². The number of allylic oxidation sites excluding steroid dienone is 8. The molecule has 2 nitrogen and oxygen atoms in total. The predicted molar refractivity (Wildman–Crippen MR) is 250 cm³/mol. The van der Waals surface area contributed by atoms with Gasteiger partial charge in [0, 0.05) is 39.4 Å². The van der Waals surface area contributed by atoms with E-state index < -0.39 is 0 Å². The van der Waals surface area contributed by atoms with Crippen LogP contribution in [0.25, 0.3) is 37.9 Å². The van der Waals surface area contributed by atoms with Crippen molar-refractivity contribution in [2.75, 3.05) is 9.80 Å². The summed E-state index contributed by atoms with van der Waals surface area (Å²) in [6, 6.07) is 50.2. The van der Waals surface area contributed by atoms with Gasteiger partial charge in [-0.25, -0.2) is 0 Å². The van der Waals surface area contributed by atoms with Crippen LogP contribution >= 0.6 is 0 Å². The minimum absolute atomic E-state index is 0.375. The fourth-order valence-electron chi connectivity index (χ4n) is 9.46. The van der Waals surface area contributed by atoms with Crippen LogP contribution in [-0.2, 0) is 0 Å². The largest absolute Gasteiger partial charge is 0.310 e. The molecule has 0 saturated heterocycles. The van der Waals surface area contributed by atoms with E-state index in [0.29, 0.717) is 5.92 Å². The highest BCUT2D eigenvalue weighted by Crippen LogP contribution is 2.50. The number of hydrogen-bond donors (Lipinski definition) is 0. The normalized spacial score (nSPS) is 15.1. The van der Waals surface area contributed by atoms with Gasteiger partial charge in [-0.15, -0.1) is 0 Å².